The zero-order valence-corrected chi connectivity index (χ0v) is 14.3. The highest BCUT2D eigenvalue weighted by molar-refractivity contribution is 9.10. The summed E-state index contributed by atoms with van der Waals surface area (Å²) < 4.78 is 0.917. The van der Waals surface area contributed by atoms with Crippen LogP contribution in [0.5, 0.6) is 0 Å². The Morgan fingerprint density at radius 3 is 2.65 bits per heavy atom. The van der Waals surface area contributed by atoms with Crippen LogP contribution < -0.4 is 5.32 Å². The number of nitrogens with zero attached hydrogens (tertiary/aromatic N) is 1. The minimum atomic E-state index is -0.584. The smallest absolute Gasteiger partial charge is 0.254 e. The summed E-state index contributed by atoms with van der Waals surface area (Å²) in [7, 11) is 0. The van der Waals surface area contributed by atoms with Gasteiger partial charge < -0.3 is 10.2 Å². The van der Waals surface area contributed by atoms with Gasteiger partial charge in [-0.15, -0.1) is 0 Å². The van der Waals surface area contributed by atoms with Crippen molar-refractivity contribution >= 4 is 27.7 Å². The molecule has 3 rings (SSSR count). The highest BCUT2D eigenvalue weighted by Crippen LogP contribution is 2.26. The van der Waals surface area contributed by atoms with Crippen LogP contribution in [0.2, 0.25) is 0 Å². The first-order valence-corrected chi connectivity index (χ1v) is 8.26. The number of nitrogens with one attached hydrogen (secondary N) is 1. The first-order chi connectivity index (χ1) is 11.1. The number of hydrogen-bond donors (Lipinski definition) is 1. The number of hydrogen-bond acceptors (Lipinski definition) is 2. The van der Waals surface area contributed by atoms with Gasteiger partial charge in [0.25, 0.3) is 5.91 Å². The van der Waals surface area contributed by atoms with E-state index in [4.69, 9.17) is 0 Å². The maximum absolute atomic E-state index is 12.9. The van der Waals surface area contributed by atoms with Gasteiger partial charge in [-0.3, -0.25) is 9.59 Å². The standard InChI is InChI=1S/C18H17BrN2O2/c1-12-3-2-4-14(11-12)16-17(22)20-9-10-21(16)18(23)13-5-7-15(19)8-6-13/h2-8,11,16H,9-10H2,1H3,(H,20,22). The van der Waals surface area contributed by atoms with Gasteiger partial charge in [-0.1, -0.05) is 45.8 Å². The minimum absolute atomic E-state index is 0.126. The van der Waals surface area contributed by atoms with Gasteiger partial charge in [-0.2, -0.15) is 0 Å². The number of piperazine rings is 1. The first-order valence-electron chi connectivity index (χ1n) is 7.47. The maximum Gasteiger partial charge on any atom is 0.254 e. The molecule has 1 atom stereocenters. The summed E-state index contributed by atoms with van der Waals surface area (Å²) in [6, 6.07) is 14.4. The second-order valence-electron chi connectivity index (χ2n) is 5.61. The van der Waals surface area contributed by atoms with Crippen molar-refractivity contribution in [1.29, 1.82) is 0 Å². The Bertz CT molecular complexity index is 743. The summed E-state index contributed by atoms with van der Waals surface area (Å²) in [4.78, 5) is 26.9. The Kier molecular flexibility index (Phi) is 4.48. The quantitative estimate of drug-likeness (QED) is 0.880. The number of benzene rings is 2. The van der Waals surface area contributed by atoms with Crippen LogP contribution in [-0.2, 0) is 4.79 Å². The van der Waals surface area contributed by atoms with Crippen molar-refractivity contribution < 1.29 is 9.59 Å². The van der Waals surface area contributed by atoms with Gasteiger partial charge in [0.2, 0.25) is 5.91 Å². The Morgan fingerprint density at radius 2 is 1.96 bits per heavy atom. The fourth-order valence-electron chi connectivity index (χ4n) is 2.82. The molecule has 1 aliphatic heterocycles. The maximum atomic E-state index is 12.9. The Morgan fingerprint density at radius 1 is 1.22 bits per heavy atom. The number of carbonyl (C=O) groups excluding carboxylic acids is 2. The van der Waals surface area contributed by atoms with E-state index in [1.807, 2.05) is 43.3 Å². The van der Waals surface area contributed by atoms with E-state index in [0.717, 1.165) is 15.6 Å². The van der Waals surface area contributed by atoms with Crippen molar-refractivity contribution in [2.75, 3.05) is 13.1 Å². The van der Waals surface area contributed by atoms with Crippen molar-refractivity contribution in [2.24, 2.45) is 0 Å². The van der Waals surface area contributed by atoms with Gasteiger partial charge in [-0.05, 0) is 36.8 Å². The third-order valence-corrected chi connectivity index (χ3v) is 4.45. The second kappa shape index (κ2) is 6.54. The molecule has 0 aliphatic carbocycles. The highest BCUT2D eigenvalue weighted by Gasteiger charge is 2.34. The van der Waals surface area contributed by atoms with E-state index in [1.54, 1.807) is 17.0 Å². The van der Waals surface area contributed by atoms with Crippen LogP contribution in [0.3, 0.4) is 0 Å². The van der Waals surface area contributed by atoms with Crippen LogP contribution in [0.15, 0.2) is 53.0 Å². The molecule has 0 radical (unpaired) electrons. The lowest BCUT2D eigenvalue weighted by molar-refractivity contribution is -0.128. The van der Waals surface area contributed by atoms with Crippen molar-refractivity contribution in [3.8, 4) is 0 Å². The van der Waals surface area contributed by atoms with Gasteiger partial charge in [0.05, 0.1) is 0 Å². The van der Waals surface area contributed by atoms with E-state index in [-0.39, 0.29) is 11.8 Å². The van der Waals surface area contributed by atoms with Crippen molar-refractivity contribution in [3.63, 3.8) is 0 Å². The van der Waals surface area contributed by atoms with Gasteiger partial charge in [0, 0.05) is 23.1 Å². The monoisotopic (exact) mass is 372 g/mol. The van der Waals surface area contributed by atoms with Crippen LogP contribution in [0.1, 0.15) is 27.5 Å². The molecule has 2 aromatic carbocycles. The molecule has 0 saturated carbocycles. The summed E-state index contributed by atoms with van der Waals surface area (Å²) in [5, 5.41) is 2.86. The topological polar surface area (TPSA) is 49.4 Å². The second-order valence-corrected chi connectivity index (χ2v) is 6.53. The van der Waals surface area contributed by atoms with Crippen LogP contribution in [0.4, 0.5) is 0 Å². The molecular weight excluding hydrogens is 356 g/mol. The Labute approximate surface area is 143 Å². The van der Waals surface area contributed by atoms with E-state index in [9.17, 15) is 9.59 Å². The number of aryl methyl sites for hydroxylation is 1. The molecule has 23 heavy (non-hydrogen) atoms. The molecule has 1 N–H and O–H groups in total. The SMILES string of the molecule is Cc1cccc(C2C(=O)NCCN2C(=O)c2ccc(Br)cc2)c1. The number of halogens is 1. The highest BCUT2D eigenvalue weighted by atomic mass is 79.9. The lowest BCUT2D eigenvalue weighted by atomic mass is 9.99. The molecule has 1 unspecified atom stereocenters. The molecule has 5 heteroatoms. The van der Waals surface area contributed by atoms with E-state index in [1.165, 1.54) is 0 Å². The molecule has 0 aromatic heterocycles. The molecule has 1 saturated heterocycles. The zero-order chi connectivity index (χ0) is 16.4. The summed E-state index contributed by atoms with van der Waals surface area (Å²) >= 11 is 3.37. The predicted octanol–water partition coefficient (Wildman–Crippen LogP) is 3.07. The number of rotatable bonds is 2. The van der Waals surface area contributed by atoms with Gasteiger partial charge >= 0.3 is 0 Å². The predicted molar refractivity (Wildman–Crippen MR) is 92.1 cm³/mol. The van der Waals surface area contributed by atoms with E-state index < -0.39 is 6.04 Å². The summed E-state index contributed by atoms with van der Waals surface area (Å²) in [6.45, 7) is 2.95. The van der Waals surface area contributed by atoms with Crippen LogP contribution in [-0.4, -0.2) is 29.8 Å². The molecular formula is C18H17BrN2O2. The third-order valence-electron chi connectivity index (χ3n) is 3.92. The molecule has 2 amide bonds. The number of carbonyl (C=O) groups is 2. The van der Waals surface area contributed by atoms with Crippen LogP contribution in [0, 0.1) is 6.92 Å². The van der Waals surface area contributed by atoms with Gasteiger partial charge in [0.15, 0.2) is 0 Å². The lowest BCUT2D eigenvalue weighted by Gasteiger charge is -2.35. The summed E-state index contributed by atoms with van der Waals surface area (Å²) in [6.07, 6.45) is 0. The minimum Gasteiger partial charge on any atom is -0.352 e. The van der Waals surface area contributed by atoms with Gasteiger partial charge in [-0.25, -0.2) is 0 Å². The summed E-state index contributed by atoms with van der Waals surface area (Å²) in [5.41, 5.74) is 2.49. The molecule has 2 aromatic rings. The average Bonchev–Trinajstić information content (AvgIpc) is 2.54. The molecule has 118 valence electrons. The molecule has 0 spiro atoms. The van der Waals surface area contributed by atoms with E-state index in [0.29, 0.717) is 18.7 Å². The van der Waals surface area contributed by atoms with Crippen molar-refractivity contribution in [1.82, 2.24) is 10.2 Å². The number of amides is 2. The Hall–Kier alpha value is -2.14. The normalized spacial score (nSPS) is 17.7. The summed E-state index contributed by atoms with van der Waals surface area (Å²) in [5.74, 6) is -0.258. The molecule has 1 heterocycles. The average molecular weight is 373 g/mol. The largest absolute Gasteiger partial charge is 0.352 e. The zero-order valence-electron chi connectivity index (χ0n) is 12.8. The molecule has 1 aliphatic rings. The lowest BCUT2D eigenvalue weighted by Crippen LogP contribution is -2.52. The van der Waals surface area contributed by atoms with Crippen LogP contribution in [0.25, 0.3) is 0 Å². The van der Waals surface area contributed by atoms with Crippen LogP contribution >= 0.6 is 15.9 Å². The fraction of sp³-hybridized carbons (Fsp3) is 0.222. The fourth-order valence-corrected chi connectivity index (χ4v) is 3.08. The van der Waals surface area contributed by atoms with Crippen molar-refractivity contribution in [3.05, 3.63) is 69.7 Å². The van der Waals surface area contributed by atoms with E-state index in [2.05, 4.69) is 21.2 Å². The first kappa shape index (κ1) is 15.7. The molecule has 4 nitrogen and oxygen atoms in total. The van der Waals surface area contributed by atoms with Gasteiger partial charge in [0.1, 0.15) is 6.04 Å². The third kappa shape index (κ3) is 3.29. The van der Waals surface area contributed by atoms with E-state index >= 15 is 0 Å². The Balaban J connectivity index is 1.96. The molecule has 1 fully saturated rings. The van der Waals surface area contributed by atoms with Crippen molar-refractivity contribution in [2.45, 2.75) is 13.0 Å². The molecule has 0 bridgehead atoms.